The molecule has 12 heavy (non-hydrogen) atoms. The lowest BCUT2D eigenvalue weighted by atomic mass is 10.1. The van der Waals surface area contributed by atoms with Crippen LogP contribution in [0.2, 0.25) is 0 Å². The topological polar surface area (TPSA) is 21.3 Å². The van der Waals surface area contributed by atoms with Crippen molar-refractivity contribution in [3.05, 3.63) is 0 Å². The van der Waals surface area contributed by atoms with Gasteiger partial charge in [0.2, 0.25) is 0 Å². The van der Waals surface area contributed by atoms with Gasteiger partial charge in [0.25, 0.3) is 0 Å². The molecule has 0 aromatic heterocycles. The second-order valence-electron chi connectivity index (χ2n) is 4.17. The number of hydroxylamine groups is 1. The van der Waals surface area contributed by atoms with Crippen LogP contribution in [-0.2, 0) is 4.84 Å². The normalized spacial score (nSPS) is 20.0. The zero-order chi connectivity index (χ0) is 8.97. The van der Waals surface area contributed by atoms with E-state index < -0.39 is 0 Å². The van der Waals surface area contributed by atoms with E-state index in [1.165, 1.54) is 19.3 Å². The van der Waals surface area contributed by atoms with Crippen molar-refractivity contribution < 1.29 is 4.84 Å². The number of hydrogen-bond donors (Lipinski definition) is 1. The van der Waals surface area contributed by atoms with Crippen molar-refractivity contribution >= 4 is 0 Å². The first kappa shape index (κ1) is 10.0. The summed E-state index contributed by atoms with van der Waals surface area (Å²) in [5, 5.41) is 0. The van der Waals surface area contributed by atoms with Crippen LogP contribution >= 0.6 is 0 Å². The average molecular weight is 171 g/mol. The van der Waals surface area contributed by atoms with Gasteiger partial charge in [-0.3, -0.25) is 0 Å². The molecule has 0 heterocycles. The smallest absolute Gasteiger partial charge is 0.0705 e. The van der Waals surface area contributed by atoms with Crippen molar-refractivity contribution in [2.24, 2.45) is 11.8 Å². The predicted octanol–water partition coefficient (Wildman–Crippen LogP) is 2.35. The Morgan fingerprint density at radius 3 is 2.50 bits per heavy atom. The molecule has 1 unspecified atom stereocenters. The van der Waals surface area contributed by atoms with Crippen LogP contribution in [0.3, 0.4) is 0 Å². The Balaban J connectivity index is 2.02. The lowest BCUT2D eigenvalue weighted by Crippen LogP contribution is -2.31. The highest BCUT2D eigenvalue weighted by molar-refractivity contribution is 4.83. The SMILES string of the molecule is CCC(NOCC(C)C)C1CC1. The van der Waals surface area contributed by atoms with Crippen molar-refractivity contribution in [3.63, 3.8) is 0 Å². The van der Waals surface area contributed by atoms with E-state index in [0.717, 1.165) is 12.5 Å². The molecule has 1 N–H and O–H groups in total. The molecular formula is C10H21NO. The molecule has 0 bridgehead atoms. The van der Waals surface area contributed by atoms with Gasteiger partial charge in [0.1, 0.15) is 0 Å². The zero-order valence-electron chi connectivity index (χ0n) is 8.47. The number of hydrogen-bond acceptors (Lipinski definition) is 2. The molecule has 0 amide bonds. The maximum atomic E-state index is 5.40. The van der Waals surface area contributed by atoms with Crippen molar-refractivity contribution in [1.29, 1.82) is 0 Å². The van der Waals surface area contributed by atoms with E-state index in [1.54, 1.807) is 0 Å². The Labute approximate surface area is 75.6 Å². The van der Waals surface area contributed by atoms with E-state index in [1.807, 2.05) is 0 Å². The molecule has 2 heteroatoms. The van der Waals surface area contributed by atoms with Gasteiger partial charge in [-0.1, -0.05) is 20.8 Å². The summed E-state index contributed by atoms with van der Waals surface area (Å²) in [5.74, 6) is 1.51. The maximum Gasteiger partial charge on any atom is 0.0705 e. The third-order valence-electron chi connectivity index (χ3n) is 2.28. The zero-order valence-corrected chi connectivity index (χ0v) is 8.47. The summed E-state index contributed by atoms with van der Waals surface area (Å²) >= 11 is 0. The second-order valence-corrected chi connectivity index (χ2v) is 4.17. The van der Waals surface area contributed by atoms with Crippen LogP contribution in [0.25, 0.3) is 0 Å². The molecular weight excluding hydrogens is 150 g/mol. The summed E-state index contributed by atoms with van der Waals surface area (Å²) in [7, 11) is 0. The minimum absolute atomic E-state index is 0.601. The minimum Gasteiger partial charge on any atom is -0.301 e. The van der Waals surface area contributed by atoms with E-state index in [-0.39, 0.29) is 0 Å². The van der Waals surface area contributed by atoms with Gasteiger partial charge in [-0.25, -0.2) is 0 Å². The van der Waals surface area contributed by atoms with Crippen LogP contribution < -0.4 is 5.48 Å². The molecule has 0 spiro atoms. The molecule has 0 aromatic carbocycles. The summed E-state index contributed by atoms with van der Waals surface area (Å²) in [6, 6.07) is 0.601. The molecule has 1 fully saturated rings. The first-order valence-electron chi connectivity index (χ1n) is 5.11. The number of rotatable bonds is 6. The van der Waals surface area contributed by atoms with E-state index in [4.69, 9.17) is 4.84 Å². The Kier molecular flexibility index (Phi) is 4.02. The minimum atomic E-state index is 0.601. The Morgan fingerprint density at radius 2 is 2.08 bits per heavy atom. The molecule has 0 aliphatic heterocycles. The average Bonchev–Trinajstić information content (AvgIpc) is 2.80. The quantitative estimate of drug-likeness (QED) is 0.619. The highest BCUT2D eigenvalue weighted by atomic mass is 16.6. The van der Waals surface area contributed by atoms with Crippen molar-refractivity contribution in [2.45, 2.75) is 46.1 Å². The lowest BCUT2D eigenvalue weighted by molar-refractivity contribution is -0.00472. The van der Waals surface area contributed by atoms with E-state index in [2.05, 4.69) is 26.3 Å². The van der Waals surface area contributed by atoms with Crippen molar-refractivity contribution in [3.8, 4) is 0 Å². The standard InChI is InChI=1S/C10H21NO/c1-4-10(9-5-6-9)11-12-7-8(2)3/h8-11H,4-7H2,1-3H3. The fourth-order valence-electron chi connectivity index (χ4n) is 1.33. The molecule has 0 radical (unpaired) electrons. The molecule has 0 saturated heterocycles. The summed E-state index contributed by atoms with van der Waals surface area (Å²) in [4.78, 5) is 5.40. The van der Waals surface area contributed by atoms with Crippen LogP contribution in [0.5, 0.6) is 0 Å². The molecule has 1 saturated carbocycles. The molecule has 1 atom stereocenters. The third kappa shape index (κ3) is 3.55. The Hall–Kier alpha value is -0.0800. The van der Waals surface area contributed by atoms with Gasteiger partial charge in [0.05, 0.1) is 6.61 Å². The Bertz CT molecular complexity index is 121. The lowest BCUT2D eigenvalue weighted by Gasteiger charge is -2.16. The van der Waals surface area contributed by atoms with Crippen LogP contribution in [0.4, 0.5) is 0 Å². The molecule has 2 nitrogen and oxygen atoms in total. The summed E-state index contributed by atoms with van der Waals surface area (Å²) in [5.41, 5.74) is 3.16. The molecule has 1 rings (SSSR count). The molecule has 1 aliphatic carbocycles. The van der Waals surface area contributed by atoms with Crippen LogP contribution in [0.1, 0.15) is 40.0 Å². The summed E-state index contributed by atoms with van der Waals surface area (Å²) < 4.78 is 0. The molecule has 0 aromatic rings. The van der Waals surface area contributed by atoms with Gasteiger partial charge < -0.3 is 4.84 Å². The Morgan fingerprint density at radius 1 is 1.42 bits per heavy atom. The van der Waals surface area contributed by atoms with E-state index in [9.17, 15) is 0 Å². The van der Waals surface area contributed by atoms with Gasteiger partial charge in [-0.15, -0.1) is 0 Å². The van der Waals surface area contributed by atoms with Crippen LogP contribution in [-0.4, -0.2) is 12.6 Å². The van der Waals surface area contributed by atoms with Gasteiger partial charge in [0.15, 0.2) is 0 Å². The second kappa shape index (κ2) is 4.83. The van der Waals surface area contributed by atoms with Crippen molar-refractivity contribution in [1.82, 2.24) is 5.48 Å². The highest BCUT2D eigenvalue weighted by Crippen LogP contribution is 2.33. The summed E-state index contributed by atoms with van der Waals surface area (Å²) in [6.07, 6.45) is 3.95. The third-order valence-corrected chi connectivity index (χ3v) is 2.28. The van der Waals surface area contributed by atoms with Gasteiger partial charge in [-0.05, 0) is 31.1 Å². The largest absolute Gasteiger partial charge is 0.301 e. The van der Waals surface area contributed by atoms with Crippen LogP contribution in [0.15, 0.2) is 0 Å². The summed E-state index contributed by atoms with van der Waals surface area (Å²) in [6.45, 7) is 7.37. The first-order chi connectivity index (χ1) is 5.74. The molecule has 72 valence electrons. The van der Waals surface area contributed by atoms with E-state index in [0.29, 0.717) is 12.0 Å². The fourth-order valence-corrected chi connectivity index (χ4v) is 1.33. The predicted molar refractivity (Wildman–Crippen MR) is 50.7 cm³/mol. The highest BCUT2D eigenvalue weighted by Gasteiger charge is 2.29. The first-order valence-corrected chi connectivity index (χ1v) is 5.11. The monoisotopic (exact) mass is 171 g/mol. The van der Waals surface area contributed by atoms with Gasteiger partial charge in [-0.2, -0.15) is 5.48 Å². The van der Waals surface area contributed by atoms with Gasteiger partial charge in [0, 0.05) is 6.04 Å². The van der Waals surface area contributed by atoms with Gasteiger partial charge >= 0.3 is 0 Å². The van der Waals surface area contributed by atoms with E-state index >= 15 is 0 Å². The van der Waals surface area contributed by atoms with Crippen molar-refractivity contribution in [2.75, 3.05) is 6.61 Å². The number of nitrogens with one attached hydrogen (secondary N) is 1. The fraction of sp³-hybridized carbons (Fsp3) is 1.00. The molecule has 1 aliphatic rings. The maximum absolute atomic E-state index is 5.40. The van der Waals surface area contributed by atoms with Crippen LogP contribution in [0, 0.1) is 11.8 Å².